The number of allylic oxidation sites excluding steroid dienone is 1. The Morgan fingerprint density at radius 3 is 2.56 bits per heavy atom. The second kappa shape index (κ2) is 11.5. The lowest BCUT2D eigenvalue weighted by Gasteiger charge is -2.34. The molecule has 39 heavy (non-hydrogen) atoms. The van der Waals surface area contributed by atoms with E-state index in [9.17, 15) is 22.8 Å². The predicted molar refractivity (Wildman–Crippen MR) is 146 cm³/mol. The van der Waals surface area contributed by atoms with E-state index in [0.29, 0.717) is 31.5 Å². The predicted octanol–water partition coefficient (Wildman–Crippen LogP) is 2.37. The van der Waals surface area contributed by atoms with E-state index in [2.05, 4.69) is 26.7 Å². The van der Waals surface area contributed by atoms with Crippen molar-refractivity contribution in [3.05, 3.63) is 24.4 Å². The lowest BCUT2D eigenvalue weighted by molar-refractivity contribution is -0.131. The number of nitrogens with zero attached hydrogens (tertiary/aromatic N) is 1. The minimum Gasteiger partial charge on any atom is -0.444 e. The van der Waals surface area contributed by atoms with Gasteiger partial charge in [-0.2, -0.15) is 13.1 Å². The summed E-state index contributed by atoms with van der Waals surface area (Å²) in [4.78, 5) is 41.4. The van der Waals surface area contributed by atoms with Crippen molar-refractivity contribution < 1.29 is 27.5 Å². The summed E-state index contributed by atoms with van der Waals surface area (Å²) < 4.78 is 35.0. The van der Waals surface area contributed by atoms with Crippen molar-refractivity contribution in [2.45, 2.75) is 114 Å². The summed E-state index contributed by atoms with van der Waals surface area (Å²) in [7, 11) is -4.02. The van der Waals surface area contributed by atoms with Gasteiger partial charge in [-0.3, -0.25) is 9.59 Å². The molecule has 0 unspecified atom stereocenters. The van der Waals surface area contributed by atoms with Crippen LogP contribution in [-0.2, 0) is 24.5 Å². The molecule has 2 aliphatic heterocycles. The van der Waals surface area contributed by atoms with Gasteiger partial charge in [-0.1, -0.05) is 31.6 Å². The fraction of sp³-hybridized carbons (Fsp3) is 0.741. The van der Waals surface area contributed by atoms with E-state index in [1.54, 1.807) is 20.8 Å². The average Bonchev–Trinajstić information content (AvgIpc) is 3.70. The largest absolute Gasteiger partial charge is 0.444 e. The highest BCUT2D eigenvalue weighted by Gasteiger charge is 2.61. The highest BCUT2D eigenvalue weighted by atomic mass is 32.2. The molecule has 2 heterocycles. The summed E-state index contributed by atoms with van der Waals surface area (Å²) in [5.74, 6) is -1.36. The third-order valence-electron chi connectivity index (χ3n) is 7.64. The maximum absolute atomic E-state index is 13.6. The summed E-state index contributed by atoms with van der Waals surface area (Å²) in [6.45, 7) is 10.3. The Morgan fingerprint density at radius 2 is 1.87 bits per heavy atom. The van der Waals surface area contributed by atoms with Crippen LogP contribution in [0.15, 0.2) is 24.4 Å². The van der Waals surface area contributed by atoms with Crippen LogP contribution in [0.1, 0.15) is 85.0 Å². The quantitative estimate of drug-likeness (QED) is 0.374. The molecule has 2 saturated carbocycles. The standard InChI is InChI=1S/C27H43N5O6S/c1-18-21(28-25(35)38-26(2,3)4)12-9-7-5-6-8-11-19-17-27(19,29-23(33)22-13-10-16-32(18)22)24(34)31-39(36,37)30-20-14-15-20/h8,11,19-22,30H,1,5-7,9-10,12-17H2,2-4H3,(H,28,35)(H,29,33)(H,31,34)/b11-8-/t19-,21+,22+,27-/m1/s1. The SMILES string of the molecule is C=C1[C@@H](NC(=O)OC(C)(C)C)CCCCC/C=C\[C@@H]2C[C@@]2(C(=O)NS(=O)(=O)NC2CC2)NC(=O)[C@@H]2CCCN12. The molecule has 11 nitrogen and oxygen atoms in total. The lowest BCUT2D eigenvalue weighted by Crippen LogP contribution is -2.57. The maximum atomic E-state index is 13.6. The van der Waals surface area contributed by atoms with Crippen molar-refractivity contribution in [1.82, 2.24) is 25.0 Å². The molecule has 218 valence electrons. The van der Waals surface area contributed by atoms with Gasteiger partial charge < -0.3 is 20.3 Å². The molecule has 1 saturated heterocycles. The van der Waals surface area contributed by atoms with Crippen LogP contribution in [0.5, 0.6) is 0 Å². The molecular formula is C27H43N5O6S. The van der Waals surface area contributed by atoms with Crippen LogP contribution in [-0.4, -0.2) is 67.0 Å². The summed E-state index contributed by atoms with van der Waals surface area (Å²) in [5, 5.41) is 5.87. The highest BCUT2D eigenvalue weighted by molar-refractivity contribution is 7.88. The second-order valence-corrected chi connectivity index (χ2v) is 13.7. The number of carbonyl (C=O) groups is 3. The fourth-order valence-corrected chi connectivity index (χ4v) is 6.51. The number of hydrogen-bond donors (Lipinski definition) is 4. The Kier molecular flexibility index (Phi) is 8.65. The Bertz CT molecular complexity index is 1110. The number of carbonyl (C=O) groups excluding carboxylic acids is 3. The van der Waals surface area contributed by atoms with E-state index in [0.717, 1.165) is 44.9 Å². The van der Waals surface area contributed by atoms with Gasteiger partial charge in [-0.05, 0) is 72.1 Å². The molecule has 3 fully saturated rings. The maximum Gasteiger partial charge on any atom is 0.408 e. The van der Waals surface area contributed by atoms with Crippen molar-refractivity contribution in [2.24, 2.45) is 5.92 Å². The van der Waals surface area contributed by atoms with Crippen LogP contribution < -0.4 is 20.1 Å². The summed E-state index contributed by atoms with van der Waals surface area (Å²) in [6.07, 6.45) is 10.7. The first-order valence-corrected chi connectivity index (χ1v) is 15.6. The van der Waals surface area contributed by atoms with Gasteiger partial charge in [-0.15, -0.1) is 0 Å². The molecule has 4 rings (SSSR count). The first kappa shape index (κ1) is 29.4. The van der Waals surface area contributed by atoms with E-state index in [4.69, 9.17) is 4.74 Å². The van der Waals surface area contributed by atoms with Crippen LogP contribution in [0.4, 0.5) is 4.79 Å². The number of hydrogen-bond acceptors (Lipinski definition) is 7. The third kappa shape index (κ3) is 7.75. The van der Waals surface area contributed by atoms with Crippen LogP contribution in [0.25, 0.3) is 0 Å². The molecule has 2 aliphatic carbocycles. The minimum atomic E-state index is -4.02. The van der Waals surface area contributed by atoms with Crippen molar-refractivity contribution in [2.75, 3.05) is 6.54 Å². The number of rotatable bonds is 5. The topological polar surface area (TPSA) is 146 Å². The molecule has 0 aromatic carbocycles. The van der Waals surface area contributed by atoms with Crippen molar-refractivity contribution in [3.8, 4) is 0 Å². The van der Waals surface area contributed by atoms with E-state index >= 15 is 0 Å². The summed E-state index contributed by atoms with van der Waals surface area (Å²) >= 11 is 0. The smallest absolute Gasteiger partial charge is 0.408 e. The lowest BCUT2D eigenvalue weighted by atomic mass is 10.0. The monoisotopic (exact) mass is 565 g/mol. The molecule has 0 bridgehead atoms. The Balaban J connectivity index is 1.52. The molecule has 3 amide bonds. The molecule has 0 spiro atoms. The molecule has 0 radical (unpaired) electrons. The van der Waals surface area contributed by atoms with Gasteiger partial charge in [-0.25, -0.2) is 9.52 Å². The van der Waals surface area contributed by atoms with E-state index in [1.165, 1.54) is 0 Å². The molecule has 4 aliphatic rings. The zero-order valence-electron chi connectivity index (χ0n) is 23.3. The Hall–Kier alpha value is -2.60. The van der Waals surface area contributed by atoms with Gasteiger partial charge in [0, 0.05) is 24.2 Å². The highest BCUT2D eigenvalue weighted by Crippen LogP contribution is 2.45. The zero-order chi connectivity index (χ0) is 28.4. The van der Waals surface area contributed by atoms with Crippen LogP contribution >= 0.6 is 0 Å². The molecular weight excluding hydrogens is 522 g/mol. The summed E-state index contributed by atoms with van der Waals surface area (Å²) in [5.41, 5.74) is -1.34. The van der Waals surface area contributed by atoms with Gasteiger partial charge in [0.2, 0.25) is 5.91 Å². The van der Waals surface area contributed by atoms with Crippen LogP contribution in [0.3, 0.4) is 0 Å². The van der Waals surface area contributed by atoms with Gasteiger partial charge in [0.15, 0.2) is 0 Å². The number of fused-ring (bicyclic) bond motifs is 2. The fourth-order valence-electron chi connectivity index (χ4n) is 5.35. The zero-order valence-corrected chi connectivity index (χ0v) is 24.1. The van der Waals surface area contributed by atoms with Gasteiger partial charge in [0.05, 0.1) is 6.04 Å². The van der Waals surface area contributed by atoms with Crippen molar-refractivity contribution in [1.29, 1.82) is 0 Å². The minimum absolute atomic E-state index is 0.148. The molecule has 12 heteroatoms. The summed E-state index contributed by atoms with van der Waals surface area (Å²) in [6, 6.07) is -1.13. The Morgan fingerprint density at radius 1 is 1.13 bits per heavy atom. The first-order chi connectivity index (χ1) is 18.3. The molecule has 0 aromatic rings. The van der Waals surface area contributed by atoms with Gasteiger partial charge in [0.1, 0.15) is 17.2 Å². The van der Waals surface area contributed by atoms with Crippen molar-refractivity contribution >= 4 is 28.1 Å². The number of ether oxygens (including phenoxy) is 1. The van der Waals surface area contributed by atoms with Crippen LogP contribution in [0, 0.1) is 5.92 Å². The molecule has 4 atom stereocenters. The molecule has 4 N–H and O–H groups in total. The van der Waals surface area contributed by atoms with Crippen molar-refractivity contribution in [3.63, 3.8) is 0 Å². The van der Waals surface area contributed by atoms with E-state index in [-0.39, 0.29) is 17.9 Å². The third-order valence-corrected chi connectivity index (χ3v) is 8.74. The van der Waals surface area contributed by atoms with Gasteiger partial charge in [0.25, 0.3) is 5.91 Å². The molecule has 0 aromatic heterocycles. The first-order valence-electron chi connectivity index (χ1n) is 14.1. The number of nitrogens with one attached hydrogen (secondary N) is 4. The Labute approximate surface area is 231 Å². The second-order valence-electron chi connectivity index (χ2n) is 12.2. The normalized spacial score (nSPS) is 31.1. The van der Waals surface area contributed by atoms with E-state index < -0.39 is 45.4 Å². The van der Waals surface area contributed by atoms with E-state index in [1.807, 2.05) is 17.1 Å². The van der Waals surface area contributed by atoms with Gasteiger partial charge >= 0.3 is 16.3 Å². The average molecular weight is 566 g/mol. The number of alkyl carbamates (subject to hydrolysis) is 1. The van der Waals surface area contributed by atoms with Crippen LogP contribution in [0.2, 0.25) is 0 Å². The number of amides is 3.